The normalized spacial score (nSPS) is 12.6. The first-order valence-corrected chi connectivity index (χ1v) is 28.9. The molecule has 0 saturated heterocycles. The molecule has 0 heterocycles. The molecule has 1 amide bonds. The van der Waals surface area contributed by atoms with Crippen LogP contribution >= 0.6 is 0 Å². The molecule has 0 aliphatic carbocycles. The molecule has 0 bridgehead atoms. The number of nitrogens with one attached hydrogen (secondary N) is 1. The fourth-order valence-corrected chi connectivity index (χ4v) is 9.11. The summed E-state index contributed by atoms with van der Waals surface area (Å²) in [5.74, 6) is -0.101. The maximum atomic E-state index is 12.5. The van der Waals surface area contributed by atoms with Gasteiger partial charge in [0.25, 0.3) is 0 Å². The van der Waals surface area contributed by atoms with Crippen LogP contribution in [-0.2, 0) is 14.3 Å². The smallest absolute Gasteiger partial charge is 0.305 e. The number of amides is 1. The van der Waals surface area contributed by atoms with E-state index in [0.717, 1.165) is 77.0 Å². The van der Waals surface area contributed by atoms with Gasteiger partial charge in [-0.25, -0.2) is 0 Å². The molecule has 0 radical (unpaired) electrons. The number of allylic oxidation sites excluding steroid dienone is 2. The SMILES string of the molecule is CCCCCCCCCCCCCCCCCCCCCCCCCCCC(O)C(CO)NC(=O)CCCCCC/C=C\CCCCOC(=O)CCCCCCCCCCCCCC. The molecule has 6 heteroatoms. The van der Waals surface area contributed by atoms with Gasteiger partial charge >= 0.3 is 5.97 Å². The summed E-state index contributed by atoms with van der Waals surface area (Å²) in [5, 5.41) is 23.3. The first-order valence-electron chi connectivity index (χ1n) is 28.9. The lowest BCUT2D eigenvalue weighted by molar-refractivity contribution is -0.143. The van der Waals surface area contributed by atoms with Crippen LogP contribution in [0.25, 0.3) is 0 Å². The molecule has 0 aliphatic rings. The van der Waals surface area contributed by atoms with E-state index < -0.39 is 12.1 Å². The topological polar surface area (TPSA) is 95.9 Å². The minimum absolute atomic E-state index is 0.0345. The number of hydrogen-bond acceptors (Lipinski definition) is 5. The molecule has 0 spiro atoms. The van der Waals surface area contributed by atoms with Crippen molar-refractivity contribution in [3.63, 3.8) is 0 Å². The van der Waals surface area contributed by atoms with Crippen LogP contribution in [0.2, 0.25) is 0 Å². The Balaban J connectivity index is 3.49. The molecule has 0 fully saturated rings. The molecule has 0 aliphatic heterocycles. The van der Waals surface area contributed by atoms with Crippen LogP contribution in [0.15, 0.2) is 12.2 Å². The summed E-state index contributed by atoms with van der Waals surface area (Å²) < 4.78 is 5.43. The number of carbonyl (C=O) groups is 2. The van der Waals surface area contributed by atoms with E-state index in [9.17, 15) is 19.8 Å². The minimum atomic E-state index is -0.686. The van der Waals surface area contributed by atoms with Crippen molar-refractivity contribution < 1.29 is 24.5 Å². The second-order valence-electron chi connectivity index (χ2n) is 20.0. The number of aliphatic hydroxyl groups is 2. The van der Waals surface area contributed by atoms with Gasteiger partial charge in [0.05, 0.1) is 25.4 Å². The largest absolute Gasteiger partial charge is 0.466 e. The Morgan fingerprint density at radius 2 is 0.734 bits per heavy atom. The summed E-state index contributed by atoms with van der Waals surface area (Å²) in [6.07, 6.45) is 63.5. The third-order valence-electron chi connectivity index (χ3n) is 13.6. The monoisotopic (exact) mass is 904 g/mol. The predicted molar refractivity (Wildman–Crippen MR) is 278 cm³/mol. The Labute approximate surface area is 399 Å². The molecule has 3 N–H and O–H groups in total. The number of esters is 1. The first-order chi connectivity index (χ1) is 31.5. The van der Waals surface area contributed by atoms with Crippen molar-refractivity contribution in [2.75, 3.05) is 13.2 Å². The molecule has 0 aromatic heterocycles. The Morgan fingerprint density at radius 3 is 1.11 bits per heavy atom. The fourth-order valence-electron chi connectivity index (χ4n) is 9.11. The van der Waals surface area contributed by atoms with E-state index in [0.29, 0.717) is 25.9 Å². The van der Waals surface area contributed by atoms with E-state index in [-0.39, 0.29) is 18.5 Å². The summed E-state index contributed by atoms with van der Waals surface area (Å²) in [6.45, 7) is 4.88. The van der Waals surface area contributed by atoms with Gasteiger partial charge in [-0.05, 0) is 51.4 Å². The minimum Gasteiger partial charge on any atom is -0.466 e. The quantitative estimate of drug-likeness (QED) is 0.0321. The summed E-state index contributed by atoms with van der Waals surface area (Å²) in [6, 6.07) is -0.567. The highest BCUT2D eigenvalue weighted by Gasteiger charge is 2.20. The molecular weight excluding hydrogens is 791 g/mol. The van der Waals surface area contributed by atoms with Crippen molar-refractivity contribution in [3.8, 4) is 0 Å². The zero-order chi connectivity index (χ0) is 46.5. The summed E-state index contributed by atoms with van der Waals surface area (Å²) in [5.41, 5.74) is 0. The van der Waals surface area contributed by atoms with Crippen LogP contribution in [0.4, 0.5) is 0 Å². The lowest BCUT2D eigenvalue weighted by atomic mass is 10.0. The lowest BCUT2D eigenvalue weighted by Gasteiger charge is -2.22. The molecule has 2 unspecified atom stereocenters. The summed E-state index contributed by atoms with van der Waals surface area (Å²) >= 11 is 0. The summed E-state index contributed by atoms with van der Waals surface area (Å²) in [4.78, 5) is 24.5. The van der Waals surface area contributed by atoms with Crippen molar-refractivity contribution in [2.45, 2.75) is 334 Å². The van der Waals surface area contributed by atoms with Gasteiger partial charge in [-0.2, -0.15) is 0 Å². The highest BCUT2D eigenvalue weighted by Crippen LogP contribution is 2.18. The van der Waals surface area contributed by atoms with Crippen molar-refractivity contribution in [1.29, 1.82) is 0 Å². The summed E-state index contributed by atoms with van der Waals surface area (Å²) in [7, 11) is 0. The van der Waals surface area contributed by atoms with Gasteiger partial charge in [-0.1, -0.05) is 270 Å². The Hall–Kier alpha value is -1.40. The van der Waals surface area contributed by atoms with Crippen LogP contribution in [0.1, 0.15) is 322 Å². The Morgan fingerprint density at radius 1 is 0.422 bits per heavy atom. The van der Waals surface area contributed by atoms with Gasteiger partial charge in [0, 0.05) is 12.8 Å². The van der Waals surface area contributed by atoms with Crippen LogP contribution in [-0.4, -0.2) is 47.4 Å². The number of aliphatic hydroxyl groups excluding tert-OH is 2. The molecule has 0 saturated carbocycles. The lowest BCUT2D eigenvalue weighted by Crippen LogP contribution is -2.45. The molecule has 380 valence electrons. The average Bonchev–Trinajstić information content (AvgIpc) is 3.29. The molecular formula is C58H113NO5. The third kappa shape index (κ3) is 50.0. The molecule has 0 aromatic rings. The van der Waals surface area contributed by atoms with E-state index in [2.05, 4.69) is 31.3 Å². The van der Waals surface area contributed by atoms with Crippen molar-refractivity contribution in [3.05, 3.63) is 12.2 Å². The highest BCUT2D eigenvalue weighted by molar-refractivity contribution is 5.76. The fraction of sp³-hybridized carbons (Fsp3) is 0.931. The Kier molecular flexibility index (Phi) is 53.0. The van der Waals surface area contributed by atoms with Crippen LogP contribution < -0.4 is 5.32 Å². The highest BCUT2D eigenvalue weighted by atomic mass is 16.5. The van der Waals surface area contributed by atoms with E-state index in [1.165, 1.54) is 212 Å². The van der Waals surface area contributed by atoms with E-state index >= 15 is 0 Å². The number of hydrogen-bond donors (Lipinski definition) is 3. The number of carbonyl (C=O) groups excluding carboxylic acids is 2. The van der Waals surface area contributed by atoms with Gasteiger partial charge < -0.3 is 20.3 Å². The van der Waals surface area contributed by atoms with Crippen LogP contribution in [0, 0.1) is 0 Å². The predicted octanol–water partition coefficient (Wildman–Crippen LogP) is 17.7. The first kappa shape index (κ1) is 62.6. The van der Waals surface area contributed by atoms with Crippen molar-refractivity contribution >= 4 is 11.9 Å². The van der Waals surface area contributed by atoms with Gasteiger partial charge in [0.15, 0.2) is 0 Å². The molecule has 2 atom stereocenters. The second-order valence-corrected chi connectivity index (χ2v) is 20.0. The van der Waals surface area contributed by atoms with Crippen LogP contribution in [0.3, 0.4) is 0 Å². The van der Waals surface area contributed by atoms with Gasteiger partial charge in [0.1, 0.15) is 0 Å². The molecule has 0 rings (SSSR count). The third-order valence-corrected chi connectivity index (χ3v) is 13.6. The van der Waals surface area contributed by atoms with E-state index in [1.54, 1.807) is 0 Å². The van der Waals surface area contributed by atoms with Crippen molar-refractivity contribution in [1.82, 2.24) is 5.32 Å². The molecule has 0 aromatic carbocycles. The van der Waals surface area contributed by atoms with E-state index in [4.69, 9.17) is 4.74 Å². The zero-order valence-corrected chi connectivity index (χ0v) is 43.3. The molecule has 6 nitrogen and oxygen atoms in total. The average molecular weight is 905 g/mol. The maximum Gasteiger partial charge on any atom is 0.305 e. The van der Waals surface area contributed by atoms with Gasteiger partial charge in [0.2, 0.25) is 5.91 Å². The van der Waals surface area contributed by atoms with Gasteiger partial charge in [-0.3, -0.25) is 9.59 Å². The standard InChI is InChI=1S/C58H113NO5/c1-3-5-7-9-11-13-15-17-18-19-20-21-22-23-24-25-26-27-28-29-30-34-38-42-46-50-56(61)55(54-60)59-57(62)51-47-43-39-35-32-33-37-41-45-49-53-64-58(63)52-48-44-40-36-31-16-14-12-10-8-6-4-2/h33,37,55-56,60-61H,3-32,34-36,38-54H2,1-2H3,(H,59,62)/b37-33-. The second kappa shape index (κ2) is 54.2. The number of rotatable bonds is 54. The number of ether oxygens (including phenoxy) is 1. The molecule has 64 heavy (non-hydrogen) atoms. The zero-order valence-electron chi connectivity index (χ0n) is 43.3. The van der Waals surface area contributed by atoms with E-state index in [1.807, 2.05) is 0 Å². The number of unbranched alkanes of at least 4 members (excludes halogenated alkanes) is 41. The van der Waals surface area contributed by atoms with Crippen molar-refractivity contribution in [2.24, 2.45) is 0 Å². The van der Waals surface area contributed by atoms with Crippen LogP contribution in [0.5, 0.6) is 0 Å². The van der Waals surface area contributed by atoms with Gasteiger partial charge in [-0.15, -0.1) is 0 Å². The Bertz CT molecular complexity index is 955. The maximum absolute atomic E-state index is 12.5.